The molecule has 3 heterocycles. The molecule has 2 aliphatic rings. The molecule has 1 fully saturated rings. The Morgan fingerprint density at radius 3 is 2.92 bits per heavy atom. The van der Waals surface area contributed by atoms with Gasteiger partial charge in [0.05, 0.1) is 18.3 Å². The van der Waals surface area contributed by atoms with Gasteiger partial charge < -0.3 is 9.97 Å². The van der Waals surface area contributed by atoms with Gasteiger partial charge in [0.1, 0.15) is 11.6 Å². The van der Waals surface area contributed by atoms with E-state index in [1.165, 1.54) is 24.2 Å². The molecule has 1 atom stereocenters. The van der Waals surface area contributed by atoms with E-state index in [0.29, 0.717) is 12.6 Å². The third-order valence-corrected chi connectivity index (χ3v) is 5.21. The fraction of sp³-hybridized carbons (Fsp3) is 0.611. The lowest BCUT2D eigenvalue weighted by Crippen LogP contribution is -2.26. The normalized spacial score (nSPS) is 21.1. The Bertz CT molecular complexity index is 754. The maximum absolute atomic E-state index is 11.8. The van der Waals surface area contributed by atoms with Gasteiger partial charge in [-0.2, -0.15) is 0 Å². The summed E-state index contributed by atoms with van der Waals surface area (Å²) >= 11 is 0. The second-order valence-electron chi connectivity index (χ2n) is 6.92. The summed E-state index contributed by atoms with van der Waals surface area (Å²) in [6.07, 6.45) is 7.80. The lowest BCUT2D eigenvalue weighted by atomic mass is 10.0. The highest BCUT2D eigenvalue weighted by atomic mass is 16.1. The van der Waals surface area contributed by atoms with Crippen molar-refractivity contribution in [2.45, 2.75) is 64.5 Å². The number of imidazole rings is 1. The lowest BCUT2D eigenvalue weighted by Gasteiger charge is -2.22. The molecule has 0 unspecified atom stereocenters. The highest BCUT2D eigenvalue weighted by Crippen LogP contribution is 2.32. The van der Waals surface area contributed by atoms with E-state index in [9.17, 15) is 4.79 Å². The van der Waals surface area contributed by atoms with Crippen molar-refractivity contribution in [2.75, 3.05) is 6.54 Å². The van der Waals surface area contributed by atoms with E-state index < -0.39 is 0 Å². The van der Waals surface area contributed by atoms with E-state index >= 15 is 0 Å². The maximum Gasteiger partial charge on any atom is 0.251 e. The minimum Gasteiger partial charge on any atom is -0.344 e. The number of H-pyrrole nitrogens is 2. The molecule has 4 rings (SSSR count). The van der Waals surface area contributed by atoms with Crippen LogP contribution in [0.1, 0.15) is 67.4 Å². The van der Waals surface area contributed by atoms with Crippen molar-refractivity contribution in [1.82, 2.24) is 24.8 Å². The van der Waals surface area contributed by atoms with Gasteiger partial charge in [0.25, 0.3) is 5.56 Å². The average molecular weight is 327 g/mol. The molecule has 1 aliphatic heterocycles. The lowest BCUT2D eigenvalue weighted by molar-refractivity contribution is 0.234. The fourth-order valence-electron chi connectivity index (χ4n) is 3.97. The van der Waals surface area contributed by atoms with Crippen LogP contribution >= 0.6 is 0 Å². The molecule has 0 saturated carbocycles. The zero-order valence-corrected chi connectivity index (χ0v) is 14.3. The molecule has 0 amide bonds. The van der Waals surface area contributed by atoms with Gasteiger partial charge in [0.15, 0.2) is 0 Å². The third-order valence-electron chi connectivity index (χ3n) is 5.21. The quantitative estimate of drug-likeness (QED) is 0.903. The fourth-order valence-corrected chi connectivity index (χ4v) is 3.97. The number of aryl methyl sites for hydroxylation is 3. The maximum atomic E-state index is 11.8. The Labute approximate surface area is 141 Å². The first kappa shape index (κ1) is 15.6. The average Bonchev–Trinajstić information content (AvgIpc) is 3.20. The first-order valence-electron chi connectivity index (χ1n) is 9.13. The van der Waals surface area contributed by atoms with E-state index in [-0.39, 0.29) is 5.56 Å². The summed E-state index contributed by atoms with van der Waals surface area (Å²) in [5, 5.41) is 0. The van der Waals surface area contributed by atoms with Crippen LogP contribution in [0.3, 0.4) is 0 Å². The largest absolute Gasteiger partial charge is 0.344 e. The van der Waals surface area contributed by atoms with Crippen LogP contribution in [-0.2, 0) is 25.8 Å². The van der Waals surface area contributed by atoms with Crippen LogP contribution in [0.2, 0.25) is 0 Å². The Kier molecular flexibility index (Phi) is 4.22. The molecule has 0 radical (unpaired) electrons. The number of aromatic amines is 2. The molecular weight excluding hydrogens is 302 g/mol. The molecule has 0 aromatic carbocycles. The van der Waals surface area contributed by atoms with E-state index in [1.54, 1.807) is 6.07 Å². The summed E-state index contributed by atoms with van der Waals surface area (Å²) < 4.78 is 0. The van der Waals surface area contributed by atoms with Crippen LogP contribution in [0.5, 0.6) is 0 Å². The van der Waals surface area contributed by atoms with Crippen molar-refractivity contribution in [1.29, 1.82) is 0 Å². The number of nitrogens with one attached hydrogen (secondary N) is 2. The van der Waals surface area contributed by atoms with E-state index in [2.05, 4.69) is 19.9 Å². The van der Waals surface area contributed by atoms with Gasteiger partial charge in [0, 0.05) is 17.5 Å². The minimum atomic E-state index is -0.0546. The number of nitrogens with zero attached hydrogens (tertiary/aromatic N) is 3. The summed E-state index contributed by atoms with van der Waals surface area (Å²) in [7, 11) is 0. The Morgan fingerprint density at radius 2 is 2.08 bits per heavy atom. The molecule has 0 spiro atoms. The van der Waals surface area contributed by atoms with Crippen molar-refractivity contribution < 1.29 is 0 Å². The Hall–Kier alpha value is -1.95. The second kappa shape index (κ2) is 6.51. The van der Waals surface area contributed by atoms with Gasteiger partial charge in [-0.15, -0.1) is 0 Å². The molecule has 2 aromatic heterocycles. The van der Waals surface area contributed by atoms with Gasteiger partial charge in [-0.1, -0.05) is 6.92 Å². The van der Waals surface area contributed by atoms with Crippen molar-refractivity contribution in [3.05, 3.63) is 45.2 Å². The Balaban J connectivity index is 1.56. The summed E-state index contributed by atoms with van der Waals surface area (Å²) in [6, 6.07) is 1.90. The van der Waals surface area contributed by atoms with Crippen molar-refractivity contribution in [3.63, 3.8) is 0 Å². The highest BCUT2D eigenvalue weighted by Gasteiger charge is 2.30. The van der Waals surface area contributed by atoms with E-state index in [4.69, 9.17) is 4.98 Å². The van der Waals surface area contributed by atoms with Crippen molar-refractivity contribution >= 4 is 0 Å². The van der Waals surface area contributed by atoms with E-state index in [0.717, 1.165) is 56.0 Å². The van der Waals surface area contributed by atoms with Crippen molar-refractivity contribution in [2.24, 2.45) is 0 Å². The monoisotopic (exact) mass is 327 g/mol. The Morgan fingerprint density at radius 1 is 1.21 bits per heavy atom. The molecular formula is C18H25N5O. The number of hydrogen-bond acceptors (Lipinski definition) is 4. The summed E-state index contributed by atoms with van der Waals surface area (Å²) in [6.45, 7) is 3.73. The summed E-state index contributed by atoms with van der Waals surface area (Å²) in [5.74, 6) is 1.87. The van der Waals surface area contributed by atoms with Crippen LogP contribution in [0.15, 0.2) is 10.9 Å². The summed E-state index contributed by atoms with van der Waals surface area (Å²) in [4.78, 5) is 30.1. The minimum absolute atomic E-state index is 0.0546. The first-order valence-corrected chi connectivity index (χ1v) is 9.13. The molecule has 6 nitrogen and oxygen atoms in total. The predicted molar refractivity (Wildman–Crippen MR) is 91.9 cm³/mol. The first-order chi connectivity index (χ1) is 11.7. The number of rotatable bonds is 4. The molecule has 1 saturated heterocycles. The number of fused-ring (bicyclic) bond motifs is 1. The van der Waals surface area contributed by atoms with Gasteiger partial charge in [-0.05, 0) is 51.5 Å². The number of hydrogen-bond donors (Lipinski definition) is 2. The SMILES string of the molecule is CCc1cc(=O)[nH]c(CN2CCC[C@H]2c2nc3c([nH]2)CCCC3)n1. The molecule has 6 heteroatoms. The smallest absolute Gasteiger partial charge is 0.251 e. The molecule has 1 aliphatic carbocycles. The third kappa shape index (κ3) is 3.02. The van der Waals surface area contributed by atoms with Crippen LogP contribution in [0, 0.1) is 0 Å². The van der Waals surface area contributed by atoms with Gasteiger partial charge >= 0.3 is 0 Å². The van der Waals surface area contributed by atoms with Crippen LogP contribution in [0.25, 0.3) is 0 Å². The molecule has 128 valence electrons. The zero-order chi connectivity index (χ0) is 16.5. The molecule has 2 aromatic rings. The summed E-state index contributed by atoms with van der Waals surface area (Å²) in [5.41, 5.74) is 3.41. The molecule has 2 N–H and O–H groups in total. The van der Waals surface area contributed by atoms with Gasteiger partial charge in [-0.25, -0.2) is 9.97 Å². The van der Waals surface area contributed by atoms with Crippen LogP contribution in [0.4, 0.5) is 0 Å². The van der Waals surface area contributed by atoms with Crippen molar-refractivity contribution in [3.8, 4) is 0 Å². The van der Waals surface area contributed by atoms with Gasteiger partial charge in [-0.3, -0.25) is 9.69 Å². The van der Waals surface area contributed by atoms with E-state index in [1.807, 2.05) is 6.92 Å². The standard InChI is InChI=1S/C18H25N5O/c1-2-12-10-17(24)22-16(19-12)11-23-9-5-8-15(23)18-20-13-6-3-4-7-14(13)21-18/h10,15H,2-9,11H2,1H3,(H,20,21)(H,19,22,24)/t15-/m0/s1. The predicted octanol–water partition coefficient (Wildman–Crippen LogP) is 2.27. The molecule has 0 bridgehead atoms. The zero-order valence-electron chi connectivity index (χ0n) is 14.3. The topological polar surface area (TPSA) is 77.7 Å². The number of aromatic nitrogens is 4. The van der Waals surface area contributed by atoms with Crippen LogP contribution < -0.4 is 5.56 Å². The second-order valence-corrected chi connectivity index (χ2v) is 6.92. The highest BCUT2D eigenvalue weighted by molar-refractivity contribution is 5.19. The van der Waals surface area contributed by atoms with Crippen LogP contribution in [-0.4, -0.2) is 31.4 Å². The molecule has 24 heavy (non-hydrogen) atoms. The number of likely N-dealkylation sites (tertiary alicyclic amines) is 1. The van der Waals surface area contributed by atoms with Gasteiger partial charge in [0.2, 0.25) is 0 Å².